The Morgan fingerprint density at radius 1 is 0.909 bits per heavy atom. The number of amides is 1. The zero-order valence-corrected chi connectivity index (χ0v) is 20.0. The van der Waals surface area contributed by atoms with Gasteiger partial charge in [0.15, 0.2) is 0 Å². The third-order valence-corrected chi connectivity index (χ3v) is 6.30. The third-order valence-electron chi connectivity index (χ3n) is 6.30. The molecule has 0 spiro atoms. The fourth-order valence-corrected chi connectivity index (χ4v) is 4.11. The van der Waals surface area contributed by atoms with E-state index in [1.807, 2.05) is 35.2 Å². The van der Waals surface area contributed by atoms with Gasteiger partial charge in [-0.15, -0.1) is 10.2 Å². The fraction of sp³-hybridized carbons (Fsp3) is 0.444. The lowest BCUT2D eigenvalue weighted by Crippen LogP contribution is -2.49. The van der Waals surface area contributed by atoms with Crippen molar-refractivity contribution in [2.45, 2.75) is 45.4 Å². The van der Waals surface area contributed by atoms with Crippen LogP contribution in [0.1, 0.15) is 44.2 Å². The molecule has 3 aromatic rings. The van der Waals surface area contributed by atoms with Gasteiger partial charge in [0.2, 0.25) is 17.7 Å². The predicted octanol–water partition coefficient (Wildman–Crippen LogP) is 4.35. The van der Waals surface area contributed by atoms with Crippen molar-refractivity contribution in [1.29, 1.82) is 0 Å². The summed E-state index contributed by atoms with van der Waals surface area (Å²) in [7, 11) is 0. The van der Waals surface area contributed by atoms with E-state index in [1.54, 1.807) is 0 Å². The Labute approximate surface area is 196 Å². The minimum atomic E-state index is 0.154. The highest BCUT2D eigenvalue weighted by atomic mass is 16.4. The number of hydrogen-bond donors (Lipinski definition) is 0. The number of nitrogens with zero attached hydrogens (tertiary/aromatic N) is 4. The Morgan fingerprint density at radius 2 is 1.61 bits per heavy atom. The number of piperazine rings is 1. The van der Waals surface area contributed by atoms with Gasteiger partial charge in [-0.1, -0.05) is 63.2 Å². The zero-order valence-electron chi connectivity index (χ0n) is 20.0. The molecule has 0 atom stereocenters. The zero-order chi connectivity index (χ0) is 23.3. The van der Waals surface area contributed by atoms with E-state index in [2.05, 4.69) is 60.1 Å². The average Bonchev–Trinajstić information content (AvgIpc) is 3.31. The molecule has 2 heterocycles. The summed E-state index contributed by atoms with van der Waals surface area (Å²) in [5, 5.41) is 8.34. The minimum Gasteiger partial charge on any atom is -0.421 e. The van der Waals surface area contributed by atoms with Gasteiger partial charge >= 0.3 is 0 Å². The standard InChI is InChI=1S/C27H34N4O2/c1-27(2,3)23-12-9-21(10-13-23)11-14-25(32)31-19-17-30(18-20-31)16-15-24-28-29-26(33-24)22-7-5-4-6-8-22/h4-10,12-13H,11,14-20H2,1-3H3. The molecule has 0 unspecified atom stereocenters. The average molecular weight is 447 g/mol. The predicted molar refractivity (Wildman–Crippen MR) is 130 cm³/mol. The summed E-state index contributed by atoms with van der Waals surface area (Å²) >= 11 is 0. The van der Waals surface area contributed by atoms with E-state index in [9.17, 15) is 4.79 Å². The molecule has 6 heteroatoms. The van der Waals surface area contributed by atoms with Crippen molar-refractivity contribution in [3.63, 3.8) is 0 Å². The smallest absolute Gasteiger partial charge is 0.247 e. The number of carbonyl (C=O) groups excluding carboxylic acids is 1. The van der Waals surface area contributed by atoms with Crippen LogP contribution in [0.2, 0.25) is 0 Å². The summed E-state index contributed by atoms with van der Waals surface area (Å²) in [6.45, 7) is 10.8. The van der Waals surface area contributed by atoms with E-state index < -0.39 is 0 Å². The normalized spacial score (nSPS) is 15.1. The van der Waals surface area contributed by atoms with E-state index >= 15 is 0 Å². The number of aromatic nitrogens is 2. The van der Waals surface area contributed by atoms with Crippen LogP contribution in [-0.2, 0) is 23.1 Å². The first-order chi connectivity index (χ1) is 15.9. The van der Waals surface area contributed by atoms with Gasteiger partial charge in [-0.05, 0) is 35.1 Å². The van der Waals surface area contributed by atoms with Gasteiger partial charge < -0.3 is 9.32 Å². The monoisotopic (exact) mass is 446 g/mol. The molecule has 0 N–H and O–H groups in total. The SMILES string of the molecule is CC(C)(C)c1ccc(CCC(=O)N2CCN(CCc3nnc(-c4ccccc4)o3)CC2)cc1. The Morgan fingerprint density at radius 3 is 2.27 bits per heavy atom. The first-order valence-corrected chi connectivity index (χ1v) is 11.9. The molecule has 1 aliphatic rings. The molecular formula is C27H34N4O2. The van der Waals surface area contributed by atoms with Crippen LogP contribution in [0.15, 0.2) is 59.0 Å². The van der Waals surface area contributed by atoms with Gasteiger partial charge in [0.05, 0.1) is 0 Å². The molecule has 1 fully saturated rings. The first-order valence-electron chi connectivity index (χ1n) is 11.9. The molecule has 1 amide bonds. The molecule has 1 aliphatic heterocycles. The Kier molecular flexibility index (Phi) is 7.23. The molecule has 2 aromatic carbocycles. The van der Waals surface area contributed by atoms with E-state index in [-0.39, 0.29) is 11.3 Å². The van der Waals surface area contributed by atoms with E-state index in [0.29, 0.717) is 18.2 Å². The molecule has 0 bridgehead atoms. The summed E-state index contributed by atoms with van der Waals surface area (Å²) in [5.41, 5.74) is 3.64. The fourth-order valence-electron chi connectivity index (χ4n) is 4.11. The number of aryl methyl sites for hydroxylation is 1. The van der Waals surface area contributed by atoms with Crippen LogP contribution in [0, 0.1) is 0 Å². The maximum Gasteiger partial charge on any atom is 0.247 e. The summed E-state index contributed by atoms with van der Waals surface area (Å²) < 4.78 is 5.81. The third kappa shape index (κ3) is 6.29. The summed E-state index contributed by atoms with van der Waals surface area (Å²) in [6.07, 6.45) is 2.09. The van der Waals surface area contributed by atoms with Gasteiger partial charge in [-0.2, -0.15) is 0 Å². The molecule has 0 aliphatic carbocycles. The second-order valence-electron chi connectivity index (χ2n) is 9.79. The highest BCUT2D eigenvalue weighted by molar-refractivity contribution is 5.76. The maximum absolute atomic E-state index is 12.7. The second kappa shape index (κ2) is 10.3. The molecular weight excluding hydrogens is 412 g/mol. The molecule has 33 heavy (non-hydrogen) atoms. The lowest BCUT2D eigenvalue weighted by molar-refractivity contribution is -0.132. The molecule has 1 saturated heterocycles. The van der Waals surface area contributed by atoms with Gasteiger partial charge in [0.25, 0.3) is 0 Å². The molecule has 1 aromatic heterocycles. The van der Waals surface area contributed by atoms with Crippen molar-refractivity contribution in [1.82, 2.24) is 20.0 Å². The highest BCUT2D eigenvalue weighted by Crippen LogP contribution is 2.22. The number of benzene rings is 2. The summed E-state index contributed by atoms with van der Waals surface area (Å²) in [6, 6.07) is 18.5. The number of hydrogen-bond acceptors (Lipinski definition) is 5. The van der Waals surface area contributed by atoms with Crippen LogP contribution in [0.25, 0.3) is 11.5 Å². The van der Waals surface area contributed by atoms with Crippen molar-refractivity contribution in [3.05, 3.63) is 71.6 Å². The van der Waals surface area contributed by atoms with Crippen LogP contribution < -0.4 is 0 Å². The highest BCUT2D eigenvalue weighted by Gasteiger charge is 2.21. The van der Waals surface area contributed by atoms with Crippen LogP contribution in [0.4, 0.5) is 0 Å². The lowest BCUT2D eigenvalue weighted by Gasteiger charge is -2.34. The number of carbonyl (C=O) groups is 1. The molecule has 4 rings (SSSR count). The first kappa shape index (κ1) is 23.2. The van der Waals surface area contributed by atoms with Crippen molar-refractivity contribution in [2.24, 2.45) is 0 Å². The van der Waals surface area contributed by atoms with E-state index in [4.69, 9.17) is 4.42 Å². The van der Waals surface area contributed by atoms with Gasteiger partial charge in [-0.3, -0.25) is 9.69 Å². The topological polar surface area (TPSA) is 62.5 Å². The number of rotatable bonds is 7. The summed E-state index contributed by atoms with van der Waals surface area (Å²) in [4.78, 5) is 17.1. The van der Waals surface area contributed by atoms with Crippen LogP contribution >= 0.6 is 0 Å². The van der Waals surface area contributed by atoms with Crippen molar-refractivity contribution in [2.75, 3.05) is 32.7 Å². The minimum absolute atomic E-state index is 0.154. The van der Waals surface area contributed by atoms with Crippen molar-refractivity contribution in [3.8, 4) is 11.5 Å². The van der Waals surface area contributed by atoms with E-state index in [0.717, 1.165) is 51.1 Å². The molecule has 6 nitrogen and oxygen atoms in total. The summed E-state index contributed by atoms with van der Waals surface area (Å²) in [5.74, 6) is 1.47. The van der Waals surface area contributed by atoms with Crippen molar-refractivity contribution >= 4 is 5.91 Å². The Balaban J connectivity index is 1.18. The van der Waals surface area contributed by atoms with Crippen LogP contribution in [0.5, 0.6) is 0 Å². The van der Waals surface area contributed by atoms with Gasteiger partial charge in [0, 0.05) is 51.1 Å². The Bertz CT molecular complexity index is 1030. The van der Waals surface area contributed by atoms with Crippen LogP contribution in [-0.4, -0.2) is 58.6 Å². The largest absolute Gasteiger partial charge is 0.421 e. The quantitative estimate of drug-likeness (QED) is 0.540. The van der Waals surface area contributed by atoms with Crippen LogP contribution in [0.3, 0.4) is 0 Å². The van der Waals surface area contributed by atoms with Gasteiger partial charge in [-0.25, -0.2) is 0 Å². The molecule has 0 saturated carbocycles. The Hall–Kier alpha value is -2.99. The second-order valence-corrected chi connectivity index (χ2v) is 9.79. The molecule has 174 valence electrons. The van der Waals surface area contributed by atoms with Crippen molar-refractivity contribution < 1.29 is 9.21 Å². The van der Waals surface area contributed by atoms with Gasteiger partial charge in [0.1, 0.15) is 0 Å². The lowest BCUT2D eigenvalue weighted by atomic mass is 9.86. The maximum atomic E-state index is 12.7. The van der Waals surface area contributed by atoms with E-state index in [1.165, 1.54) is 11.1 Å². The molecule has 0 radical (unpaired) electrons.